The molecule has 2 aromatic carbocycles. The Bertz CT molecular complexity index is 944. The van der Waals surface area contributed by atoms with E-state index in [0.29, 0.717) is 30.3 Å². The van der Waals surface area contributed by atoms with Gasteiger partial charge in [0.1, 0.15) is 0 Å². The molecule has 0 bridgehead atoms. The van der Waals surface area contributed by atoms with Crippen molar-refractivity contribution < 1.29 is 13.2 Å². The number of carbonyl (C=O) groups is 1. The molecule has 1 heterocycles. The standard InChI is InChI=1S/C22H28N2O3S/c1-16(2)18-8-10-19(11-9-18)23-22(25)21-15-20(12-7-17(21)3)28(26,27)24-13-5-4-6-14-24/h7-12,15-16H,4-6,13-14H2,1-3H3,(H,23,25). The number of nitrogens with one attached hydrogen (secondary N) is 1. The van der Waals surface area contributed by atoms with Crippen molar-refractivity contribution in [2.24, 2.45) is 0 Å². The minimum Gasteiger partial charge on any atom is -0.322 e. The molecule has 1 aliphatic heterocycles. The molecule has 150 valence electrons. The van der Waals surface area contributed by atoms with Crippen LogP contribution in [-0.4, -0.2) is 31.7 Å². The normalized spacial score (nSPS) is 15.6. The van der Waals surface area contributed by atoms with Crippen LogP contribution in [0.1, 0.15) is 60.5 Å². The van der Waals surface area contributed by atoms with Crippen LogP contribution in [0.4, 0.5) is 5.69 Å². The number of piperidine rings is 1. The zero-order valence-electron chi connectivity index (χ0n) is 16.7. The number of rotatable bonds is 5. The monoisotopic (exact) mass is 400 g/mol. The minimum absolute atomic E-state index is 0.181. The fraction of sp³-hybridized carbons (Fsp3) is 0.409. The highest BCUT2D eigenvalue weighted by Gasteiger charge is 2.27. The highest BCUT2D eigenvalue weighted by molar-refractivity contribution is 7.89. The van der Waals surface area contributed by atoms with Crippen molar-refractivity contribution in [3.8, 4) is 0 Å². The molecule has 1 N–H and O–H groups in total. The summed E-state index contributed by atoms with van der Waals surface area (Å²) in [6.45, 7) is 7.13. The molecular weight excluding hydrogens is 372 g/mol. The van der Waals surface area contributed by atoms with E-state index in [0.717, 1.165) is 24.8 Å². The first kappa shape index (κ1) is 20.6. The van der Waals surface area contributed by atoms with Crippen molar-refractivity contribution in [2.75, 3.05) is 18.4 Å². The topological polar surface area (TPSA) is 66.5 Å². The van der Waals surface area contributed by atoms with E-state index >= 15 is 0 Å². The van der Waals surface area contributed by atoms with Gasteiger partial charge in [-0.25, -0.2) is 8.42 Å². The van der Waals surface area contributed by atoms with Gasteiger partial charge in [0.15, 0.2) is 0 Å². The quantitative estimate of drug-likeness (QED) is 0.801. The van der Waals surface area contributed by atoms with Crippen LogP contribution >= 0.6 is 0 Å². The lowest BCUT2D eigenvalue weighted by Gasteiger charge is -2.26. The fourth-order valence-electron chi connectivity index (χ4n) is 3.41. The van der Waals surface area contributed by atoms with Gasteiger partial charge in [0, 0.05) is 24.3 Å². The van der Waals surface area contributed by atoms with Gasteiger partial charge in [0.05, 0.1) is 4.90 Å². The molecule has 0 radical (unpaired) electrons. The Hall–Kier alpha value is -2.18. The summed E-state index contributed by atoms with van der Waals surface area (Å²) in [7, 11) is -3.57. The second-order valence-corrected chi connectivity index (χ2v) is 9.61. The Balaban J connectivity index is 1.83. The van der Waals surface area contributed by atoms with E-state index in [1.54, 1.807) is 12.1 Å². The van der Waals surface area contributed by atoms with Crippen molar-refractivity contribution in [1.29, 1.82) is 0 Å². The number of aryl methyl sites for hydroxylation is 1. The van der Waals surface area contributed by atoms with Gasteiger partial charge in [0.25, 0.3) is 5.91 Å². The highest BCUT2D eigenvalue weighted by atomic mass is 32.2. The molecule has 1 aliphatic rings. The van der Waals surface area contributed by atoms with E-state index < -0.39 is 10.0 Å². The number of nitrogens with zero attached hydrogens (tertiary/aromatic N) is 1. The lowest BCUT2D eigenvalue weighted by molar-refractivity contribution is 0.102. The lowest BCUT2D eigenvalue weighted by Crippen LogP contribution is -2.35. The predicted molar refractivity (Wildman–Crippen MR) is 112 cm³/mol. The summed E-state index contributed by atoms with van der Waals surface area (Å²) in [6, 6.07) is 12.5. The summed E-state index contributed by atoms with van der Waals surface area (Å²) in [5, 5.41) is 2.88. The number of hydrogen-bond donors (Lipinski definition) is 1. The molecule has 0 aromatic heterocycles. The Morgan fingerprint density at radius 3 is 2.25 bits per heavy atom. The number of sulfonamides is 1. The van der Waals surface area contributed by atoms with Gasteiger partial charge in [0.2, 0.25) is 10.0 Å². The Labute approximate surface area is 167 Å². The summed E-state index contributed by atoms with van der Waals surface area (Å²) < 4.78 is 27.4. The van der Waals surface area contributed by atoms with Gasteiger partial charge in [-0.3, -0.25) is 4.79 Å². The Morgan fingerprint density at radius 2 is 1.64 bits per heavy atom. The molecule has 6 heteroatoms. The molecule has 0 unspecified atom stereocenters. The van der Waals surface area contributed by atoms with E-state index in [1.807, 2.05) is 31.2 Å². The van der Waals surface area contributed by atoms with Gasteiger partial charge in [-0.05, 0) is 61.1 Å². The second-order valence-electron chi connectivity index (χ2n) is 7.67. The molecule has 0 saturated carbocycles. The van der Waals surface area contributed by atoms with E-state index in [1.165, 1.54) is 15.9 Å². The Morgan fingerprint density at radius 1 is 1.00 bits per heavy atom. The van der Waals surface area contributed by atoms with E-state index in [9.17, 15) is 13.2 Å². The zero-order chi connectivity index (χ0) is 20.3. The third kappa shape index (κ3) is 4.45. The SMILES string of the molecule is Cc1ccc(S(=O)(=O)N2CCCCC2)cc1C(=O)Nc1ccc(C(C)C)cc1. The number of anilines is 1. The molecule has 0 atom stereocenters. The van der Waals surface area contributed by atoms with Crippen LogP contribution in [0.15, 0.2) is 47.4 Å². The predicted octanol–water partition coefficient (Wildman–Crippen LogP) is 4.55. The molecule has 1 saturated heterocycles. The first-order valence-electron chi connectivity index (χ1n) is 9.81. The van der Waals surface area contributed by atoms with Gasteiger partial charge in [-0.15, -0.1) is 0 Å². The first-order chi connectivity index (χ1) is 13.3. The smallest absolute Gasteiger partial charge is 0.255 e. The summed E-state index contributed by atoms with van der Waals surface area (Å²) >= 11 is 0. The average molecular weight is 401 g/mol. The maximum atomic E-state index is 12.9. The maximum Gasteiger partial charge on any atom is 0.255 e. The second kappa shape index (κ2) is 8.45. The van der Waals surface area contributed by atoms with Crippen LogP contribution in [-0.2, 0) is 10.0 Å². The first-order valence-corrected chi connectivity index (χ1v) is 11.2. The van der Waals surface area contributed by atoms with Crippen molar-refractivity contribution in [2.45, 2.75) is 50.8 Å². The Kier molecular flexibility index (Phi) is 6.20. The largest absolute Gasteiger partial charge is 0.322 e. The van der Waals surface area contributed by atoms with Crippen LogP contribution in [0.5, 0.6) is 0 Å². The molecule has 28 heavy (non-hydrogen) atoms. The number of hydrogen-bond acceptors (Lipinski definition) is 3. The van der Waals surface area contributed by atoms with E-state index in [-0.39, 0.29) is 10.8 Å². The van der Waals surface area contributed by atoms with E-state index in [2.05, 4.69) is 19.2 Å². The third-order valence-electron chi connectivity index (χ3n) is 5.24. The average Bonchev–Trinajstić information content (AvgIpc) is 2.69. The molecule has 5 nitrogen and oxygen atoms in total. The number of carbonyl (C=O) groups excluding carboxylic acids is 1. The molecular formula is C22H28N2O3S. The van der Waals surface area contributed by atoms with Crippen molar-refractivity contribution in [1.82, 2.24) is 4.31 Å². The van der Waals surface area contributed by atoms with Crippen LogP contribution in [0, 0.1) is 6.92 Å². The maximum absolute atomic E-state index is 12.9. The molecule has 2 aromatic rings. The summed E-state index contributed by atoms with van der Waals surface area (Å²) in [6.07, 6.45) is 2.82. The summed E-state index contributed by atoms with van der Waals surface area (Å²) in [4.78, 5) is 13.0. The van der Waals surface area contributed by atoms with Gasteiger partial charge in [-0.1, -0.05) is 38.5 Å². The molecule has 1 amide bonds. The van der Waals surface area contributed by atoms with Crippen molar-refractivity contribution in [3.05, 3.63) is 59.2 Å². The van der Waals surface area contributed by atoms with Gasteiger partial charge < -0.3 is 5.32 Å². The van der Waals surface area contributed by atoms with Crippen LogP contribution < -0.4 is 5.32 Å². The van der Waals surface area contributed by atoms with E-state index in [4.69, 9.17) is 0 Å². The van der Waals surface area contributed by atoms with Crippen LogP contribution in [0.3, 0.4) is 0 Å². The lowest BCUT2D eigenvalue weighted by atomic mass is 10.0. The highest BCUT2D eigenvalue weighted by Crippen LogP contribution is 2.24. The minimum atomic E-state index is -3.57. The van der Waals surface area contributed by atoms with Crippen molar-refractivity contribution in [3.63, 3.8) is 0 Å². The van der Waals surface area contributed by atoms with Crippen LogP contribution in [0.25, 0.3) is 0 Å². The zero-order valence-corrected chi connectivity index (χ0v) is 17.6. The van der Waals surface area contributed by atoms with Gasteiger partial charge >= 0.3 is 0 Å². The van der Waals surface area contributed by atoms with Crippen LogP contribution in [0.2, 0.25) is 0 Å². The molecule has 0 aliphatic carbocycles. The van der Waals surface area contributed by atoms with Gasteiger partial charge in [-0.2, -0.15) is 4.31 Å². The molecule has 3 rings (SSSR count). The fourth-order valence-corrected chi connectivity index (χ4v) is 4.95. The summed E-state index contributed by atoms with van der Waals surface area (Å²) in [5.41, 5.74) is 3.02. The van der Waals surface area contributed by atoms with Crippen molar-refractivity contribution >= 4 is 21.6 Å². The molecule has 0 spiro atoms. The number of benzene rings is 2. The third-order valence-corrected chi connectivity index (χ3v) is 7.14. The molecule has 1 fully saturated rings. The number of amides is 1. The summed E-state index contributed by atoms with van der Waals surface area (Å²) in [5.74, 6) is 0.120.